The van der Waals surface area contributed by atoms with Crippen molar-refractivity contribution in [2.75, 3.05) is 20.3 Å². The van der Waals surface area contributed by atoms with Gasteiger partial charge < -0.3 is 10.1 Å². The predicted octanol–water partition coefficient (Wildman–Crippen LogP) is 1.01. The molecule has 1 heterocycles. The van der Waals surface area contributed by atoms with E-state index >= 15 is 0 Å². The van der Waals surface area contributed by atoms with E-state index in [1.807, 2.05) is 37.3 Å². The highest BCUT2D eigenvalue weighted by atomic mass is 16.5. The highest BCUT2D eigenvalue weighted by molar-refractivity contribution is 6.09. The molecule has 1 amide bonds. The number of guanidine groups is 1. The van der Waals surface area contributed by atoms with E-state index in [0.29, 0.717) is 12.5 Å². The van der Waals surface area contributed by atoms with E-state index in [1.165, 1.54) is 0 Å². The summed E-state index contributed by atoms with van der Waals surface area (Å²) in [5.74, 6) is 0.392. The van der Waals surface area contributed by atoms with Crippen LogP contribution in [0.15, 0.2) is 35.3 Å². The van der Waals surface area contributed by atoms with Crippen molar-refractivity contribution < 1.29 is 9.53 Å². The number of ether oxygens (including phenoxy) is 1. The number of methoxy groups -OCH3 is 1. The number of nitrogens with zero attached hydrogens (tertiary/aromatic N) is 1. The van der Waals surface area contributed by atoms with Crippen LogP contribution in [0, 0.1) is 0 Å². The molecule has 2 rings (SSSR count). The van der Waals surface area contributed by atoms with Crippen molar-refractivity contribution in [3.63, 3.8) is 0 Å². The van der Waals surface area contributed by atoms with Crippen molar-refractivity contribution in [1.29, 1.82) is 0 Å². The first-order valence-electron chi connectivity index (χ1n) is 6.41. The molecule has 1 saturated heterocycles. The van der Waals surface area contributed by atoms with E-state index in [2.05, 4.69) is 15.6 Å². The zero-order valence-corrected chi connectivity index (χ0v) is 11.3. The molecule has 0 bridgehead atoms. The van der Waals surface area contributed by atoms with Crippen molar-refractivity contribution in [2.24, 2.45) is 4.99 Å². The third-order valence-corrected chi connectivity index (χ3v) is 3.07. The van der Waals surface area contributed by atoms with Gasteiger partial charge in [-0.1, -0.05) is 37.3 Å². The van der Waals surface area contributed by atoms with Crippen LogP contribution >= 0.6 is 0 Å². The van der Waals surface area contributed by atoms with Gasteiger partial charge in [0.2, 0.25) is 0 Å². The highest BCUT2D eigenvalue weighted by Crippen LogP contribution is 2.25. The van der Waals surface area contributed by atoms with Gasteiger partial charge in [0.05, 0.1) is 6.61 Å². The monoisotopic (exact) mass is 261 g/mol. The molecular formula is C14H19N3O2. The van der Waals surface area contributed by atoms with E-state index in [-0.39, 0.29) is 12.5 Å². The summed E-state index contributed by atoms with van der Waals surface area (Å²) in [6, 6.07) is 9.55. The van der Waals surface area contributed by atoms with Crippen LogP contribution in [0.25, 0.3) is 0 Å². The number of carbonyl (C=O) groups is 1. The molecule has 1 aliphatic heterocycles. The molecule has 1 aliphatic rings. The second-order valence-electron chi connectivity index (χ2n) is 4.51. The summed E-state index contributed by atoms with van der Waals surface area (Å²) in [4.78, 5) is 16.6. The summed E-state index contributed by atoms with van der Waals surface area (Å²) in [7, 11) is 1.58. The quantitative estimate of drug-likeness (QED) is 0.831. The van der Waals surface area contributed by atoms with Crippen molar-refractivity contribution in [1.82, 2.24) is 10.6 Å². The molecular weight excluding hydrogens is 242 g/mol. The first-order chi connectivity index (χ1) is 9.23. The molecule has 0 radical (unpaired) electrons. The van der Waals surface area contributed by atoms with E-state index in [4.69, 9.17) is 4.74 Å². The lowest BCUT2D eigenvalue weighted by molar-refractivity contribution is -0.126. The molecule has 1 aromatic carbocycles. The summed E-state index contributed by atoms with van der Waals surface area (Å²) in [6.45, 7) is 2.98. The van der Waals surface area contributed by atoms with Gasteiger partial charge >= 0.3 is 0 Å². The van der Waals surface area contributed by atoms with Gasteiger partial charge in [0.1, 0.15) is 0 Å². The molecule has 5 nitrogen and oxygen atoms in total. The van der Waals surface area contributed by atoms with Gasteiger partial charge in [-0.25, -0.2) is 0 Å². The first-order valence-corrected chi connectivity index (χ1v) is 6.41. The number of rotatable bonds is 5. The minimum Gasteiger partial charge on any atom is -0.381 e. The molecule has 1 aromatic rings. The van der Waals surface area contributed by atoms with Crippen LogP contribution in [0.1, 0.15) is 18.9 Å². The average Bonchev–Trinajstić information content (AvgIpc) is 2.75. The molecule has 1 fully saturated rings. The Labute approximate surface area is 113 Å². The molecule has 19 heavy (non-hydrogen) atoms. The van der Waals surface area contributed by atoms with Crippen LogP contribution in [0.2, 0.25) is 0 Å². The molecule has 1 unspecified atom stereocenters. The summed E-state index contributed by atoms with van der Waals surface area (Å²) in [6.07, 6.45) is 0.934. The fraction of sp³-hybridized carbons (Fsp3) is 0.429. The number of amides is 1. The second kappa shape index (κ2) is 5.84. The van der Waals surface area contributed by atoms with Gasteiger partial charge in [0.25, 0.3) is 5.91 Å². The lowest BCUT2D eigenvalue weighted by atomic mass is 9.91. The molecule has 5 heteroatoms. The van der Waals surface area contributed by atoms with Gasteiger partial charge in [-0.2, -0.15) is 0 Å². The fourth-order valence-corrected chi connectivity index (χ4v) is 2.13. The van der Waals surface area contributed by atoms with E-state index in [0.717, 1.165) is 12.0 Å². The third-order valence-electron chi connectivity index (χ3n) is 3.07. The lowest BCUT2D eigenvalue weighted by Crippen LogP contribution is -2.47. The van der Waals surface area contributed by atoms with Gasteiger partial charge in [-0.05, 0) is 12.0 Å². The van der Waals surface area contributed by atoms with Crippen molar-refractivity contribution in [2.45, 2.75) is 18.9 Å². The van der Waals surface area contributed by atoms with Crippen LogP contribution in [0.5, 0.6) is 0 Å². The fourth-order valence-electron chi connectivity index (χ4n) is 2.13. The molecule has 1 atom stereocenters. The van der Waals surface area contributed by atoms with Crippen LogP contribution in [0.3, 0.4) is 0 Å². The standard InChI is InChI=1S/C14H19N3O2/c1-3-9-15-13-16-12(18)14(17-13,10-19-2)11-7-5-4-6-8-11/h4-8H,3,9-10H2,1-2H3,(H2,15,16,17,18). The first kappa shape index (κ1) is 13.5. The smallest absolute Gasteiger partial charge is 0.259 e. The largest absolute Gasteiger partial charge is 0.381 e. The Balaban J connectivity index is 2.33. The Bertz CT molecular complexity index is 473. The van der Waals surface area contributed by atoms with E-state index in [9.17, 15) is 4.79 Å². The van der Waals surface area contributed by atoms with Crippen molar-refractivity contribution in [3.8, 4) is 0 Å². The zero-order chi connectivity index (χ0) is 13.7. The molecule has 0 aromatic heterocycles. The Kier molecular flexibility index (Phi) is 4.16. The number of benzene rings is 1. The highest BCUT2D eigenvalue weighted by Gasteiger charge is 2.46. The molecule has 102 valence electrons. The van der Waals surface area contributed by atoms with Crippen molar-refractivity contribution >= 4 is 11.9 Å². The summed E-state index contributed by atoms with van der Waals surface area (Å²) in [5, 5.41) is 5.95. The van der Waals surface area contributed by atoms with Gasteiger partial charge in [0, 0.05) is 13.7 Å². The molecule has 0 spiro atoms. The Morgan fingerprint density at radius 3 is 2.68 bits per heavy atom. The molecule has 2 N–H and O–H groups in total. The number of hydrogen-bond acceptors (Lipinski definition) is 3. The van der Waals surface area contributed by atoms with Crippen LogP contribution in [-0.4, -0.2) is 32.1 Å². The Morgan fingerprint density at radius 1 is 1.32 bits per heavy atom. The van der Waals surface area contributed by atoms with Crippen molar-refractivity contribution in [3.05, 3.63) is 35.9 Å². The second-order valence-corrected chi connectivity index (χ2v) is 4.51. The van der Waals surface area contributed by atoms with Gasteiger partial charge in [-0.3, -0.25) is 15.1 Å². The summed E-state index contributed by atoms with van der Waals surface area (Å²) in [5.41, 5.74) is -0.0150. The van der Waals surface area contributed by atoms with E-state index < -0.39 is 5.54 Å². The maximum Gasteiger partial charge on any atom is 0.259 e. The van der Waals surface area contributed by atoms with Gasteiger partial charge in [-0.15, -0.1) is 0 Å². The maximum absolute atomic E-state index is 12.3. The maximum atomic E-state index is 12.3. The SMILES string of the molecule is CCCN=C1NC(=O)C(COC)(c2ccccc2)N1. The average molecular weight is 261 g/mol. The normalized spacial score (nSPS) is 24.3. The number of hydrogen-bond donors (Lipinski definition) is 2. The summed E-state index contributed by atoms with van der Waals surface area (Å²) >= 11 is 0. The van der Waals surface area contributed by atoms with Crippen LogP contribution in [0.4, 0.5) is 0 Å². The predicted molar refractivity (Wildman–Crippen MR) is 73.9 cm³/mol. The number of carbonyl (C=O) groups excluding carboxylic acids is 1. The minimum absolute atomic E-state index is 0.129. The number of aliphatic imine (C=N–C) groups is 1. The van der Waals surface area contributed by atoms with Gasteiger partial charge in [0.15, 0.2) is 11.5 Å². The van der Waals surface area contributed by atoms with E-state index in [1.54, 1.807) is 7.11 Å². The Hall–Kier alpha value is -1.88. The zero-order valence-electron chi connectivity index (χ0n) is 11.3. The lowest BCUT2D eigenvalue weighted by Gasteiger charge is -2.25. The Morgan fingerprint density at radius 2 is 2.05 bits per heavy atom. The minimum atomic E-state index is -0.886. The third kappa shape index (κ3) is 2.61. The molecule has 0 aliphatic carbocycles. The van der Waals surface area contributed by atoms with Crippen LogP contribution in [-0.2, 0) is 15.1 Å². The molecule has 0 saturated carbocycles. The summed E-state index contributed by atoms with van der Waals surface area (Å²) < 4.78 is 5.23. The number of nitrogens with one attached hydrogen (secondary N) is 2. The van der Waals surface area contributed by atoms with Crippen LogP contribution < -0.4 is 10.6 Å². The topological polar surface area (TPSA) is 62.7 Å².